The number of amides is 1. The van der Waals surface area contributed by atoms with Crippen molar-refractivity contribution >= 4 is 27.5 Å². The number of nitrogens with zero attached hydrogens (tertiary/aromatic N) is 2. The molecular formula is C12H10BrN3O. The summed E-state index contributed by atoms with van der Waals surface area (Å²) in [5.74, 6) is -0.216. The van der Waals surface area contributed by atoms with E-state index in [1.165, 1.54) is 18.7 Å². The molecule has 0 aliphatic carbocycles. The first-order valence-electron chi connectivity index (χ1n) is 4.99. The molecule has 1 aromatic carbocycles. The molecule has 0 atom stereocenters. The van der Waals surface area contributed by atoms with Crippen LogP contribution in [0.15, 0.2) is 41.4 Å². The number of rotatable bonds is 2. The summed E-state index contributed by atoms with van der Waals surface area (Å²) in [6.45, 7) is 1.93. The SMILES string of the molecule is Cc1ccc(Br)cc1NC(=O)c1cncnc1. The van der Waals surface area contributed by atoms with Gasteiger partial charge in [-0.1, -0.05) is 22.0 Å². The summed E-state index contributed by atoms with van der Waals surface area (Å²) in [7, 11) is 0. The lowest BCUT2D eigenvalue weighted by Crippen LogP contribution is -2.13. The van der Waals surface area contributed by atoms with Crippen molar-refractivity contribution < 1.29 is 4.79 Å². The number of hydrogen-bond acceptors (Lipinski definition) is 3. The van der Waals surface area contributed by atoms with Gasteiger partial charge in [0.1, 0.15) is 6.33 Å². The van der Waals surface area contributed by atoms with Crippen LogP contribution in [0.1, 0.15) is 15.9 Å². The highest BCUT2D eigenvalue weighted by Gasteiger charge is 2.08. The molecule has 2 rings (SSSR count). The van der Waals surface area contributed by atoms with E-state index in [4.69, 9.17) is 0 Å². The number of hydrogen-bond donors (Lipinski definition) is 1. The van der Waals surface area contributed by atoms with Gasteiger partial charge >= 0.3 is 0 Å². The molecule has 0 spiro atoms. The van der Waals surface area contributed by atoms with Crippen molar-refractivity contribution in [1.82, 2.24) is 9.97 Å². The Bertz CT molecular complexity index is 543. The summed E-state index contributed by atoms with van der Waals surface area (Å²) in [5.41, 5.74) is 2.21. The van der Waals surface area contributed by atoms with E-state index >= 15 is 0 Å². The molecule has 4 nitrogen and oxygen atoms in total. The van der Waals surface area contributed by atoms with Gasteiger partial charge in [-0.25, -0.2) is 9.97 Å². The molecular weight excluding hydrogens is 282 g/mol. The Kier molecular flexibility index (Phi) is 3.49. The molecule has 0 unspecified atom stereocenters. The van der Waals surface area contributed by atoms with E-state index < -0.39 is 0 Å². The monoisotopic (exact) mass is 291 g/mol. The van der Waals surface area contributed by atoms with Crippen molar-refractivity contribution in [3.05, 3.63) is 52.5 Å². The largest absolute Gasteiger partial charge is 0.322 e. The average molecular weight is 292 g/mol. The molecule has 0 bridgehead atoms. The van der Waals surface area contributed by atoms with Crippen molar-refractivity contribution in [2.75, 3.05) is 5.32 Å². The minimum absolute atomic E-state index is 0.216. The van der Waals surface area contributed by atoms with Crippen molar-refractivity contribution in [3.63, 3.8) is 0 Å². The maximum Gasteiger partial charge on any atom is 0.258 e. The fourth-order valence-electron chi connectivity index (χ4n) is 1.34. The number of halogens is 1. The van der Waals surface area contributed by atoms with Crippen LogP contribution in [-0.4, -0.2) is 15.9 Å². The van der Waals surface area contributed by atoms with Crippen LogP contribution in [0.5, 0.6) is 0 Å². The summed E-state index contributed by atoms with van der Waals surface area (Å²) < 4.78 is 0.919. The molecule has 0 aliphatic heterocycles. The third-order valence-electron chi connectivity index (χ3n) is 2.27. The first-order chi connectivity index (χ1) is 8.16. The van der Waals surface area contributed by atoms with Gasteiger partial charge in [-0.3, -0.25) is 4.79 Å². The van der Waals surface area contributed by atoms with Gasteiger partial charge in [0.25, 0.3) is 5.91 Å². The molecule has 0 saturated carbocycles. The van der Waals surface area contributed by atoms with Crippen molar-refractivity contribution in [3.8, 4) is 0 Å². The number of aromatic nitrogens is 2. The lowest BCUT2D eigenvalue weighted by atomic mass is 10.2. The fraction of sp³-hybridized carbons (Fsp3) is 0.0833. The van der Waals surface area contributed by atoms with Gasteiger partial charge in [0.05, 0.1) is 5.56 Å². The Hall–Kier alpha value is -1.75. The minimum atomic E-state index is -0.216. The smallest absolute Gasteiger partial charge is 0.258 e. The van der Waals surface area contributed by atoms with Crippen LogP contribution in [0, 0.1) is 6.92 Å². The highest BCUT2D eigenvalue weighted by atomic mass is 79.9. The first kappa shape index (κ1) is 11.7. The fourth-order valence-corrected chi connectivity index (χ4v) is 1.70. The molecule has 86 valence electrons. The summed E-state index contributed by atoms with van der Waals surface area (Å²) >= 11 is 3.37. The number of carbonyl (C=O) groups is 1. The minimum Gasteiger partial charge on any atom is -0.322 e. The van der Waals surface area contributed by atoms with Crippen molar-refractivity contribution in [2.45, 2.75) is 6.92 Å². The Balaban J connectivity index is 2.22. The number of benzene rings is 1. The maximum absolute atomic E-state index is 11.9. The molecule has 0 radical (unpaired) electrons. The molecule has 0 fully saturated rings. The number of nitrogens with one attached hydrogen (secondary N) is 1. The Morgan fingerprint density at radius 3 is 2.71 bits per heavy atom. The molecule has 1 N–H and O–H groups in total. The van der Waals surface area contributed by atoms with Crippen LogP contribution in [0.2, 0.25) is 0 Å². The number of aryl methyl sites for hydroxylation is 1. The Morgan fingerprint density at radius 1 is 1.29 bits per heavy atom. The third-order valence-corrected chi connectivity index (χ3v) is 2.76. The van der Waals surface area contributed by atoms with Gasteiger partial charge in [-0.05, 0) is 24.6 Å². The Labute approximate surface area is 107 Å². The quantitative estimate of drug-likeness (QED) is 0.926. The molecule has 0 saturated heterocycles. The van der Waals surface area contributed by atoms with Crippen LogP contribution >= 0.6 is 15.9 Å². The second-order valence-electron chi connectivity index (χ2n) is 3.54. The summed E-state index contributed by atoms with van der Waals surface area (Å²) in [6.07, 6.45) is 4.35. The summed E-state index contributed by atoms with van der Waals surface area (Å²) in [6, 6.07) is 5.72. The zero-order valence-corrected chi connectivity index (χ0v) is 10.7. The molecule has 1 aromatic heterocycles. The molecule has 1 heterocycles. The summed E-state index contributed by atoms with van der Waals surface area (Å²) in [4.78, 5) is 19.5. The first-order valence-corrected chi connectivity index (χ1v) is 5.78. The molecule has 2 aromatic rings. The van der Waals surface area contributed by atoms with Crippen LogP contribution in [0.3, 0.4) is 0 Å². The highest BCUT2D eigenvalue weighted by molar-refractivity contribution is 9.10. The van der Waals surface area contributed by atoms with E-state index in [0.717, 1.165) is 15.7 Å². The number of carbonyl (C=O) groups excluding carboxylic acids is 1. The zero-order valence-electron chi connectivity index (χ0n) is 9.14. The van der Waals surface area contributed by atoms with E-state index in [2.05, 4.69) is 31.2 Å². The third kappa shape index (κ3) is 2.88. The van der Waals surface area contributed by atoms with Crippen molar-refractivity contribution in [1.29, 1.82) is 0 Å². The number of anilines is 1. The van der Waals surface area contributed by atoms with E-state index in [0.29, 0.717) is 5.56 Å². The second-order valence-corrected chi connectivity index (χ2v) is 4.46. The predicted octanol–water partition coefficient (Wildman–Crippen LogP) is 2.80. The lowest BCUT2D eigenvalue weighted by Gasteiger charge is -2.08. The van der Waals surface area contributed by atoms with Gasteiger partial charge in [-0.2, -0.15) is 0 Å². The topological polar surface area (TPSA) is 54.9 Å². The van der Waals surface area contributed by atoms with E-state index in [-0.39, 0.29) is 5.91 Å². The molecule has 0 aliphatic rings. The van der Waals surface area contributed by atoms with E-state index in [9.17, 15) is 4.79 Å². The van der Waals surface area contributed by atoms with Crippen LogP contribution in [0.25, 0.3) is 0 Å². The van der Waals surface area contributed by atoms with Gasteiger partial charge < -0.3 is 5.32 Å². The standard InChI is InChI=1S/C12H10BrN3O/c1-8-2-3-10(13)4-11(8)16-12(17)9-5-14-7-15-6-9/h2-7H,1H3,(H,16,17). The van der Waals surface area contributed by atoms with Gasteiger partial charge in [0.15, 0.2) is 0 Å². The maximum atomic E-state index is 11.9. The van der Waals surface area contributed by atoms with Crippen LogP contribution in [-0.2, 0) is 0 Å². The second kappa shape index (κ2) is 5.05. The molecule has 1 amide bonds. The van der Waals surface area contributed by atoms with Crippen LogP contribution < -0.4 is 5.32 Å². The average Bonchev–Trinajstić information content (AvgIpc) is 2.35. The van der Waals surface area contributed by atoms with E-state index in [1.54, 1.807) is 0 Å². The van der Waals surface area contributed by atoms with Gasteiger partial charge in [-0.15, -0.1) is 0 Å². The predicted molar refractivity (Wildman–Crippen MR) is 68.9 cm³/mol. The lowest BCUT2D eigenvalue weighted by molar-refractivity contribution is 0.102. The highest BCUT2D eigenvalue weighted by Crippen LogP contribution is 2.21. The Morgan fingerprint density at radius 2 is 2.00 bits per heavy atom. The van der Waals surface area contributed by atoms with Crippen LogP contribution in [0.4, 0.5) is 5.69 Å². The molecule has 17 heavy (non-hydrogen) atoms. The zero-order chi connectivity index (χ0) is 12.3. The van der Waals surface area contributed by atoms with E-state index in [1.807, 2.05) is 25.1 Å². The summed E-state index contributed by atoms with van der Waals surface area (Å²) in [5, 5.41) is 2.82. The molecule has 5 heteroatoms. The van der Waals surface area contributed by atoms with Gasteiger partial charge in [0, 0.05) is 22.6 Å². The normalized spacial score (nSPS) is 10.0. The van der Waals surface area contributed by atoms with Gasteiger partial charge in [0.2, 0.25) is 0 Å². The van der Waals surface area contributed by atoms with Crippen molar-refractivity contribution in [2.24, 2.45) is 0 Å².